The van der Waals surface area contributed by atoms with Crippen LogP contribution < -0.4 is 11.1 Å². The van der Waals surface area contributed by atoms with E-state index >= 15 is 0 Å². The highest BCUT2D eigenvalue weighted by Crippen LogP contribution is 2.20. The zero-order valence-electron chi connectivity index (χ0n) is 10.8. The summed E-state index contributed by atoms with van der Waals surface area (Å²) in [5.41, 5.74) is 6.03. The molecule has 0 spiro atoms. The molecule has 1 amide bonds. The van der Waals surface area contributed by atoms with Gasteiger partial charge in [0.2, 0.25) is 5.91 Å². The second-order valence-electron chi connectivity index (χ2n) is 4.51. The quantitative estimate of drug-likeness (QED) is 0.759. The standard InChI is InChI=1S/C13H18N2O3/c1-4-13(3,14)12(18)15-10-7-5-6-9(8(10)2)11(16)17/h5-7H,4,14H2,1-3H3,(H,15,18)(H,16,17). The molecule has 0 aliphatic rings. The number of carbonyl (C=O) groups excluding carboxylic acids is 1. The zero-order valence-corrected chi connectivity index (χ0v) is 10.8. The number of rotatable bonds is 4. The van der Waals surface area contributed by atoms with E-state index in [-0.39, 0.29) is 11.5 Å². The molecule has 0 aliphatic carbocycles. The van der Waals surface area contributed by atoms with Gasteiger partial charge >= 0.3 is 5.97 Å². The SMILES string of the molecule is CCC(C)(N)C(=O)Nc1cccc(C(=O)O)c1C. The second-order valence-corrected chi connectivity index (χ2v) is 4.51. The highest BCUT2D eigenvalue weighted by Gasteiger charge is 2.26. The van der Waals surface area contributed by atoms with Crippen LogP contribution in [0, 0.1) is 6.92 Å². The predicted octanol–water partition coefficient (Wildman–Crippen LogP) is 1.76. The van der Waals surface area contributed by atoms with Crippen LogP contribution in [-0.4, -0.2) is 22.5 Å². The van der Waals surface area contributed by atoms with Crippen LogP contribution in [0.25, 0.3) is 0 Å². The summed E-state index contributed by atoms with van der Waals surface area (Å²) in [7, 11) is 0. The Morgan fingerprint density at radius 2 is 2.06 bits per heavy atom. The van der Waals surface area contributed by atoms with Gasteiger partial charge < -0.3 is 16.2 Å². The molecule has 5 heteroatoms. The minimum Gasteiger partial charge on any atom is -0.478 e. The van der Waals surface area contributed by atoms with Gasteiger partial charge in [-0.25, -0.2) is 4.79 Å². The number of amides is 1. The molecule has 1 unspecified atom stereocenters. The maximum atomic E-state index is 11.9. The van der Waals surface area contributed by atoms with E-state index in [1.807, 2.05) is 6.92 Å². The van der Waals surface area contributed by atoms with Gasteiger partial charge in [-0.3, -0.25) is 4.79 Å². The Hall–Kier alpha value is -1.88. The first kappa shape index (κ1) is 14.2. The van der Waals surface area contributed by atoms with Gasteiger partial charge in [-0.05, 0) is 38.0 Å². The number of nitrogens with two attached hydrogens (primary N) is 1. The number of nitrogens with one attached hydrogen (secondary N) is 1. The van der Waals surface area contributed by atoms with Crippen LogP contribution in [0.5, 0.6) is 0 Å². The summed E-state index contributed by atoms with van der Waals surface area (Å²) in [6.45, 7) is 5.11. The third-order valence-electron chi connectivity index (χ3n) is 3.07. The van der Waals surface area contributed by atoms with Crippen LogP contribution in [0.15, 0.2) is 18.2 Å². The summed E-state index contributed by atoms with van der Waals surface area (Å²) in [6.07, 6.45) is 0.497. The Kier molecular flexibility index (Phi) is 4.08. The average molecular weight is 250 g/mol. The van der Waals surface area contributed by atoms with Gasteiger partial charge in [-0.2, -0.15) is 0 Å². The molecule has 5 nitrogen and oxygen atoms in total. The fourth-order valence-corrected chi connectivity index (χ4v) is 1.43. The van der Waals surface area contributed by atoms with Gasteiger partial charge in [-0.1, -0.05) is 13.0 Å². The van der Waals surface area contributed by atoms with Crippen LogP contribution in [0.3, 0.4) is 0 Å². The molecule has 1 aromatic carbocycles. The molecule has 0 aromatic heterocycles. The van der Waals surface area contributed by atoms with Crippen molar-refractivity contribution in [3.63, 3.8) is 0 Å². The molecule has 0 heterocycles. The maximum absolute atomic E-state index is 11.9. The van der Waals surface area contributed by atoms with E-state index in [9.17, 15) is 9.59 Å². The summed E-state index contributed by atoms with van der Waals surface area (Å²) < 4.78 is 0. The van der Waals surface area contributed by atoms with Crippen molar-refractivity contribution in [1.29, 1.82) is 0 Å². The third-order valence-corrected chi connectivity index (χ3v) is 3.07. The highest BCUT2D eigenvalue weighted by molar-refractivity contribution is 6.00. The van der Waals surface area contributed by atoms with E-state index in [2.05, 4.69) is 5.32 Å². The lowest BCUT2D eigenvalue weighted by atomic mass is 9.98. The van der Waals surface area contributed by atoms with Crippen molar-refractivity contribution in [3.05, 3.63) is 29.3 Å². The monoisotopic (exact) mass is 250 g/mol. The van der Waals surface area contributed by atoms with Crippen molar-refractivity contribution < 1.29 is 14.7 Å². The molecule has 0 saturated heterocycles. The third kappa shape index (κ3) is 2.87. The molecule has 98 valence electrons. The van der Waals surface area contributed by atoms with E-state index in [0.29, 0.717) is 17.7 Å². The van der Waals surface area contributed by atoms with E-state index in [4.69, 9.17) is 10.8 Å². The first-order valence-corrected chi connectivity index (χ1v) is 5.73. The summed E-state index contributed by atoms with van der Waals surface area (Å²) in [5, 5.41) is 11.7. The first-order chi connectivity index (χ1) is 8.29. The summed E-state index contributed by atoms with van der Waals surface area (Å²) in [4.78, 5) is 22.9. The van der Waals surface area contributed by atoms with Crippen LogP contribution in [-0.2, 0) is 4.79 Å². The Morgan fingerprint density at radius 1 is 1.44 bits per heavy atom. The number of hydrogen-bond acceptors (Lipinski definition) is 3. The average Bonchev–Trinajstić information content (AvgIpc) is 2.31. The second kappa shape index (κ2) is 5.18. The highest BCUT2D eigenvalue weighted by atomic mass is 16.4. The van der Waals surface area contributed by atoms with Crippen molar-refractivity contribution in [1.82, 2.24) is 0 Å². The molecular formula is C13H18N2O3. The minimum atomic E-state index is -1.02. The van der Waals surface area contributed by atoms with Gasteiger partial charge in [0.25, 0.3) is 0 Å². The van der Waals surface area contributed by atoms with Crippen LogP contribution >= 0.6 is 0 Å². The number of carbonyl (C=O) groups is 2. The van der Waals surface area contributed by atoms with E-state index in [1.54, 1.807) is 26.0 Å². The Labute approximate surface area is 106 Å². The predicted molar refractivity (Wildman–Crippen MR) is 69.7 cm³/mol. The number of benzene rings is 1. The van der Waals surface area contributed by atoms with Gasteiger partial charge in [0.05, 0.1) is 11.1 Å². The smallest absolute Gasteiger partial charge is 0.336 e. The van der Waals surface area contributed by atoms with E-state index < -0.39 is 11.5 Å². The fourth-order valence-electron chi connectivity index (χ4n) is 1.43. The van der Waals surface area contributed by atoms with Crippen molar-refractivity contribution >= 4 is 17.6 Å². The molecule has 1 atom stereocenters. The maximum Gasteiger partial charge on any atom is 0.336 e. The van der Waals surface area contributed by atoms with Crippen LogP contribution in [0.1, 0.15) is 36.2 Å². The number of anilines is 1. The van der Waals surface area contributed by atoms with Gasteiger partial charge in [0.1, 0.15) is 0 Å². The molecule has 18 heavy (non-hydrogen) atoms. The lowest BCUT2D eigenvalue weighted by Gasteiger charge is -2.22. The Morgan fingerprint density at radius 3 is 2.56 bits per heavy atom. The summed E-state index contributed by atoms with van der Waals surface area (Å²) in [5.74, 6) is -1.34. The summed E-state index contributed by atoms with van der Waals surface area (Å²) in [6, 6.07) is 4.74. The van der Waals surface area contributed by atoms with Gasteiger partial charge in [0.15, 0.2) is 0 Å². The normalized spacial score (nSPS) is 13.8. The van der Waals surface area contributed by atoms with Crippen molar-refractivity contribution in [2.24, 2.45) is 5.73 Å². The molecule has 4 N–H and O–H groups in total. The van der Waals surface area contributed by atoms with Crippen LogP contribution in [0.2, 0.25) is 0 Å². The fraction of sp³-hybridized carbons (Fsp3) is 0.385. The first-order valence-electron chi connectivity index (χ1n) is 5.73. The number of hydrogen-bond donors (Lipinski definition) is 3. The molecule has 1 rings (SSSR count). The Bertz CT molecular complexity index is 481. The lowest BCUT2D eigenvalue weighted by Crippen LogP contribution is -2.47. The number of carboxylic acids is 1. The van der Waals surface area contributed by atoms with Gasteiger partial charge in [0, 0.05) is 5.69 Å². The molecule has 0 aliphatic heterocycles. The number of carboxylic acid groups (broad SMARTS) is 1. The molecule has 0 saturated carbocycles. The molecule has 0 radical (unpaired) electrons. The minimum absolute atomic E-state index is 0.169. The molecular weight excluding hydrogens is 232 g/mol. The van der Waals surface area contributed by atoms with Crippen molar-refractivity contribution in [3.8, 4) is 0 Å². The van der Waals surface area contributed by atoms with E-state index in [0.717, 1.165) is 0 Å². The zero-order chi connectivity index (χ0) is 13.9. The molecule has 0 bridgehead atoms. The van der Waals surface area contributed by atoms with Crippen molar-refractivity contribution in [2.45, 2.75) is 32.7 Å². The largest absolute Gasteiger partial charge is 0.478 e. The number of aromatic carboxylic acids is 1. The molecule has 0 fully saturated rings. The Balaban J connectivity index is 3.03. The summed E-state index contributed by atoms with van der Waals surface area (Å²) >= 11 is 0. The lowest BCUT2D eigenvalue weighted by molar-refractivity contribution is -0.120. The van der Waals surface area contributed by atoms with Gasteiger partial charge in [-0.15, -0.1) is 0 Å². The van der Waals surface area contributed by atoms with Crippen molar-refractivity contribution in [2.75, 3.05) is 5.32 Å². The van der Waals surface area contributed by atoms with Crippen LogP contribution in [0.4, 0.5) is 5.69 Å². The molecule has 1 aromatic rings. The van der Waals surface area contributed by atoms with E-state index in [1.165, 1.54) is 6.07 Å². The topological polar surface area (TPSA) is 92.4 Å².